The topological polar surface area (TPSA) is 58.6 Å². The number of amides is 1. The van der Waals surface area contributed by atoms with Crippen LogP contribution in [0.25, 0.3) is 0 Å². The lowest BCUT2D eigenvalue weighted by Crippen LogP contribution is -2.35. The maximum absolute atomic E-state index is 11.7. The quantitative estimate of drug-likeness (QED) is 0.710. The number of nitrogens with one attached hydrogen (secondary N) is 1. The van der Waals surface area contributed by atoms with Crippen molar-refractivity contribution in [1.82, 2.24) is 5.32 Å². The molecule has 0 saturated heterocycles. The second-order valence-electron chi connectivity index (χ2n) is 4.04. The Labute approximate surface area is 90.8 Å². The van der Waals surface area contributed by atoms with Crippen LogP contribution in [-0.4, -0.2) is 43.6 Å². The van der Waals surface area contributed by atoms with E-state index in [1.165, 1.54) is 0 Å². The first kappa shape index (κ1) is 13.2. The van der Waals surface area contributed by atoms with Crippen molar-refractivity contribution in [2.45, 2.75) is 19.0 Å². The van der Waals surface area contributed by atoms with Crippen LogP contribution in [0.2, 0.25) is 0 Å². The van der Waals surface area contributed by atoms with Gasteiger partial charge in [0, 0.05) is 12.0 Å². The van der Waals surface area contributed by atoms with Crippen LogP contribution in [0.1, 0.15) is 12.8 Å². The zero-order chi connectivity index (χ0) is 12.2. The highest BCUT2D eigenvalue weighted by atomic mass is 19.4. The smallest absolute Gasteiger partial charge is 0.396 e. The molecule has 1 aliphatic carbocycles. The monoisotopic (exact) mass is 241 g/mol. The summed E-state index contributed by atoms with van der Waals surface area (Å²) in [7, 11) is 0. The molecule has 16 heavy (non-hydrogen) atoms. The van der Waals surface area contributed by atoms with Crippen LogP contribution in [0.5, 0.6) is 0 Å². The normalized spacial score (nSPS) is 18.2. The minimum atomic E-state index is -4.41. The van der Waals surface area contributed by atoms with E-state index in [-0.39, 0.29) is 18.6 Å². The standard InChI is InChI=1S/C9H14F3NO3/c10-9(11,12)6-16-3-7(15)13-4-8(5-14)1-2-8/h14H,1-6H2,(H,13,15). The van der Waals surface area contributed by atoms with Crippen LogP contribution in [-0.2, 0) is 9.53 Å². The van der Waals surface area contributed by atoms with Gasteiger partial charge in [0.15, 0.2) is 0 Å². The molecule has 0 aromatic rings. The number of alkyl halides is 3. The number of carbonyl (C=O) groups is 1. The fraction of sp³-hybridized carbons (Fsp3) is 0.889. The zero-order valence-corrected chi connectivity index (χ0v) is 8.64. The van der Waals surface area contributed by atoms with E-state index < -0.39 is 25.3 Å². The Kier molecular flexibility index (Phi) is 4.15. The fourth-order valence-corrected chi connectivity index (χ4v) is 1.16. The lowest BCUT2D eigenvalue weighted by molar-refractivity contribution is -0.175. The third-order valence-corrected chi connectivity index (χ3v) is 2.45. The third kappa shape index (κ3) is 4.80. The van der Waals surface area contributed by atoms with Gasteiger partial charge in [-0.15, -0.1) is 0 Å². The summed E-state index contributed by atoms with van der Waals surface area (Å²) >= 11 is 0. The molecule has 0 spiro atoms. The molecule has 0 heterocycles. The summed E-state index contributed by atoms with van der Waals surface area (Å²) in [6.45, 7) is -1.76. The summed E-state index contributed by atoms with van der Waals surface area (Å²) < 4.78 is 39.1. The number of aliphatic hydroxyl groups is 1. The van der Waals surface area contributed by atoms with Crippen molar-refractivity contribution >= 4 is 5.91 Å². The molecule has 2 N–H and O–H groups in total. The zero-order valence-electron chi connectivity index (χ0n) is 8.64. The molecular formula is C9H14F3NO3. The van der Waals surface area contributed by atoms with Crippen LogP contribution in [0.3, 0.4) is 0 Å². The minimum absolute atomic E-state index is 0.0172. The molecule has 94 valence electrons. The average molecular weight is 241 g/mol. The molecule has 1 rings (SSSR count). The number of rotatable bonds is 6. The van der Waals surface area contributed by atoms with Gasteiger partial charge < -0.3 is 15.2 Å². The Balaban J connectivity index is 2.08. The number of hydrogen-bond acceptors (Lipinski definition) is 3. The molecule has 0 radical (unpaired) electrons. The van der Waals surface area contributed by atoms with Gasteiger partial charge in [-0.25, -0.2) is 0 Å². The van der Waals surface area contributed by atoms with E-state index in [2.05, 4.69) is 10.1 Å². The second kappa shape index (κ2) is 5.01. The van der Waals surface area contributed by atoms with Crippen LogP contribution in [0.15, 0.2) is 0 Å². The van der Waals surface area contributed by atoms with E-state index in [0.29, 0.717) is 0 Å². The van der Waals surface area contributed by atoms with Gasteiger partial charge in [-0.1, -0.05) is 0 Å². The highest BCUT2D eigenvalue weighted by Gasteiger charge is 2.42. The first-order valence-corrected chi connectivity index (χ1v) is 4.89. The molecule has 0 aromatic heterocycles. The summed E-state index contributed by atoms with van der Waals surface area (Å²) in [6, 6.07) is 0. The van der Waals surface area contributed by atoms with Crippen LogP contribution < -0.4 is 5.32 Å². The maximum Gasteiger partial charge on any atom is 0.411 e. The highest BCUT2D eigenvalue weighted by Crippen LogP contribution is 2.44. The van der Waals surface area contributed by atoms with Crippen LogP contribution >= 0.6 is 0 Å². The third-order valence-electron chi connectivity index (χ3n) is 2.45. The first-order valence-electron chi connectivity index (χ1n) is 4.89. The van der Waals surface area contributed by atoms with E-state index in [1.807, 2.05) is 0 Å². The van der Waals surface area contributed by atoms with E-state index >= 15 is 0 Å². The van der Waals surface area contributed by atoms with Crippen molar-refractivity contribution in [2.24, 2.45) is 5.41 Å². The molecule has 7 heteroatoms. The summed E-state index contributed by atoms with van der Waals surface area (Å²) in [6.07, 6.45) is -2.76. The summed E-state index contributed by atoms with van der Waals surface area (Å²) in [5.41, 5.74) is -0.250. The summed E-state index contributed by atoms with van der Waals surface area (Å²) in [5.74, 6) is -0.594. The molecule has 0 unspecified atom stereocenters. The predicted molar refractivity (Wildman–Crippen MR) is 48.6 cm³/mol. The Morgan fingerprint density at radius 3 is 2.50 bits per heavy atom. The highest BCUT2D eigenvalue weighted by molar-refractivity contribution is 5.77. The number of halogens is 3. The van der Waals surface area contributed by atoms with Gasteiger partial charge in [-0.3, -0.25) is 4.79 Å². The number of carbonyl (C=O) groups excluding carboxylic acids is 1. The fourth-order valence-electron chi connectivity index (χ4n) is 1.16. The summed E-state index contributed by atoms with van der Waals surface area (Å²) in [4.78, 5) is 11.0. The molecule has 1 fully saturated rings. The first-order chi connectivity index (χ1) is 7.37. The van der Waals surface area contributed by atoms with Crippen molar-refractivity contribution in [3.05, 3.63) is 0 Å². The molecule has 4 nitrogen and oxygen atoms in total. The van der Waals surface area contributed by atoms with Crippen LogP contribution in [0.4, 0.5) is 13.2 Å². The molecular weight excluding hydrogens is 227 g/mol. The number of hydrogen-bond donors (Lipinski definition) is 2. The van der Waals surface area contributed by atoms with Crippen molar-refractivity contribution < 1.29 is 27.8 Å². The van der Waals surface area contributed by atoms with Gasteiger partial charge >= 0.3 is 6.18 Å². The Hall–Kier alpha value is -0.820. The molecule has 0 aliphatic heterocycles. The van der Waals surface area contributed by atoms with Crippen molar-refractivity contribution in [1.29, 1.82) is 0 Å². The predicted octanol–water partition coefficient (Wildman–Crippen LogP) is 0.454. The molecule has 0 bridgehead atoms. The number of ether oxygens (including phenoxy) is 1. The molecule has 0 aromatic carbocycles. The van der Waals surface area contributed by atoms with Gasteiger partial charge in [0.2, 0.25) is 5.91 Å². The molecule has 1 amide bonds. The molecule has 0 atom stereocenters. The van der Waals surface area contributed by atoms with Gasteiger partial charge in [-0.2, -0.15) is 13.2 Å². The molecule has 1 saturated carbocycles. The van der Waals surface area contributed by atoms with Gasteiger partial charge in [0.25, 0.3) is 0 Å². The lowest BCUT2D eigenvalue weighted by Gasteiger charge is -2.13. The van der Waals surface area contributed by atoms with Crippen molar-refractivity contribution in [3.63, 3.8) is 0 Å². The largest absolute Gasteiger partial charge is 0.411 e. The summed E-state index contributed by atoms with van der Waals surface area (Å²) in [5, 5.41) is 11.4. The van der Waals surface area contributed by atoms with E-state index in [0.717, 1.165) is 12.8 Å². The van der Waals surface area contributed by atoms with Gasteiger partial charge in [0.05, 0.1) is 6.61 Å². The van der Waals surface area contributed by atoms with E-state index in [4.69, 9.17) is 5.11 Å². The van der Waals surface area contributed by atoms with E-state index in [9.17, 15) is 18.0 Å². The average Bonchev–Trinajstić information content (AvgIpc) is 2.93. The molecule has 1 aliphatic rings. The lowest BCUT2D eigenvalue weighted by atomic mass is 10.1. The van der Waals surface area contributed by atoms with Gasteiger partial charge in [0.1, 0.15) is 13.2 Å². The Morgan fingerprint density at radius 2 is 2.06 bits per heavy atom. The van der Waals surface area contributed by atoms with Gasteiger partial charge in [-0.05, 0) is 12.8 Å². The Bertz CT molecular complexity index is 251. The van der Waals surface area contributed by atoms with Crippen molar-refractivity contribution in [2.75, 3.05) is 26.4 Å². The van der Waals surface area contributed by atoms with Crippen molar-refractivity contribution in [3.8, 4) is 0 Å². The minimum Gasteiger partial charge on any atom is -0.396 e. The second-order valence-corrected chi connectivity index (χ2v) is 4.04. The van der Waals surface area contributed by atoms with E-state index in [1.54, 1.807) is 0 Å². The maximum atomic E-state index is 11.7. The number of aliphatic hydroxyl groups excluding tert-OH is 1. The Morgan fingerprint density at radius 1 is 1.44 bits per heavy atom. The SMILES string of the molecule is O=C(COCC(F)(F)F)NCC1(CO)CC1. The van der Waals surface area contributed by atoms with Crippen LogP contribution in [0, 0.1) is 5.41 Å².